The van der Waals surface area contributed by atoms with Gasteiger partial charge in [0.05, 0.1) is 5.24 Å². The lowest BCUT2D eigenvalue weighted by Crippen LogP contribution is -2.19. The minimum atomic E-state index is -0.750. The van der Waals surface area contributed by atoms with Gasteiger partial charge in [-0.25, -0.2) is 0 Å². The molecule has 0 rings (SSSR count). The van der Waals surface area contributed by atoms with Crippen molar-refractivity contribution >= 4 is 47.7 Å². The van der Waals surface area contributed by atoms with Gasteiger partial charge in [-0.1, -0.05) is 14.9 Å². The molecule has 3 N–H and O–H groups in total. The van der Waals surface area contributed by atoms with Crippen LogP contribution < -0.4 is 10.5 Å². The van der Waals surface area contributed by atoms with Crippen LogP contribution in [0.15, 0.2) is 0 Å². The largest absolute Gasteiger partial charge is 0.719 e. The summed E-state index contributed by atoms with van der Waals surface area (Å²) in [7, 11) is 0. The van der Waals surface area contributed by atoms with Crippen molar-refractivity contribution in [3.63, 3.8) is 0 Å². The minimum absolute atomic E-state index is 0. The van der Waals surface area contributed by atoms with E-state index in [4.69, 9.17) is 4.79 Å². The number of nitrogens with two attached hydrogens (primary N) is 1. The van der Waals surface area contributed by atoms with Gasteiger partial charge in [-0.15, -0.1) is 0 Å². The second-order valence-electron chi connectivity index (χ2n) is 2.92. The molecule has 94 valence electrons. The zero-order valence-corrected chi connectivity index (χ0v) is 10.1. The Morgan fingerprint density at radius 3 is 1.53 bits per heavy atom. The Kier molecular flexibility index (Phi) is 19.0. The Morgan fingerprint density at radius 2 is 1.47 bits per heavy atom. The smallest absolute Gasteiger partial charge is 0.108 e. The molecule has 0 heterocycles. The highest BCUT2D eigenvalue weighted by Gasteiger charge is 2.09. The van der Waals surface area contributed by atoms with E-state index < -0.39 is 10.5 Å². The molecule has 0 aliphatic heterocycles. The van der Waals surface area contributed by atoms with Gasteiger partial charge in [0.15, 0.2) is 0 Å². The minimum Gasteiger partial charge on any atom is -0.719 e. The monoisotopic (exact) mass is 272 g/mol. The molecule has 0 aromatic rings. The molecule has 0 atom stereocenters. The highest BCUT2D eigenvalue weighted by Crippen LogP contribution is 2.18. The number of carbonyl (C=O) groups is 2. The van der Waals surface area contributed by atoms with Crippen LogP contribution in [0.25, 0.3) is 0 Å². The average molecular weight is 272 g/mol. The predicted molar refractivity (Wildman–Crippen MR) is 73.7 cm³/mol. The van der Waals surface area contributed by atoms with E-state index in [0.29, 0.717) is 0 Å². The zero-order chi connectivity index (χ0) is 11.1. The lowest BCUT2D eigenvalue weighted by atomic mass is 10.3. The number of nitrogens with one attached hydrogen (secondary N) is 1. The maximum Gasteiger partial charge on any atom is 0.108 e. The topological polar surface area (TPSA) is 72.2 Å². The molecular weight excluding hydrogens is 252 g/mol. The van der Waals surface area contributed by atoms with E-state index in [9.17, 15) is 4.79 Å². The molecule has 0 aromatic heterocycles. The van der Waals surface area contributed by atoms with Gasteiger partial charge in [-0.3, -0.25) is 0 Å². The average Bonchev–Trinajstić information content (AvgIpc) is 1.80. The molecule has 0 aliphatic rings. The fraction of sp³-hybridized carbons (Fsp3) is 0.750. The van der Waals surface area contributed by atoms with Crippen LogP contribution in [-0.4, -0.2) is 15.2 Å². The van der Waals surface area contributed by atoms with Gasteiger partial charge in [0.25, 0.3) is 0 Å². The van der Waals surface area contributed by atoms with Crippen molar-refractivity contribution in [1.82, 2.24) is 4.72 Å². The first-order valence-corrected chi connectivity index (χ1v) is 4.90. The number of hydrogen-bond acceptors (Lipinski definition) is 5. The molecule has 4 nitrogen and oxygen atoms in total. The summed E-state index contributed by atoms with van der Waals surface area (Å²) in [5, 5.41) is -1.16. The molecule has 0 aliphatic carbocycles. The Bertz CT molecular complexity index is 177. The lowest BCUT2D eigenvalue weighted by molar-refractivity contribution is 0.265. The summed E-state index contributed by atoms with van der Waals surface area (Å²) in [6.07, 6.45) is 0. The second kappa shape index (κ2) is 11.8. The molecule has 2 amide bonds. The zero-order valence-electron chi connectivity index (χ0n) is 7.62. The molecule has 0 bridgehead atoms. The summed E-state index contributed by atoms with van der Waals surface area (Å²) >= 11 is 9.37. The first-order valence-electron chi connectivity index (χ1n) is 3.26. The normalized spacial score (nSPS) is 8.20. The third kappa shape index (κ3) is 57.5. The fourth-order valence-corrected chi connectivity index (χ4v) is 0.709. The summed E-state index contributed by atoms with van der Waals surface area (Å²) in [5.74, 6) is 0. The summed E-state index contributed by atoms with van der Waals surface area (Å²) in [4.78, 5) is 19.2. The van der Waals surface area contributed by atoms with Gasteiger partial charge in [-0.2, -0.15) is 0 Å². The molecule has 0 aromatic carbocycles. The summed E-state index contributed by atoms with van der Waals surface area (Å²) in [6, 6.07) is 0. The van der Waals surface area contributed by atoms with Crippen LogP contribution in [0.5, 0.6) is 0 Å². The molecule has 0 saturated heterocycles. The van der Waals surface area contributed by atoms with Crippen molar-refractivity contribution < 1.29 is 9.59 Å². The fourth-order valence-electron chi connectivity index (χ4n) is 0.195. The van der Waals surface area contributed by atoms with Crippen LogP contribution in [-0.2, 0) is 25.3 Å². The summed E-state index contributed by atoms with van der Waals surface area (Å²) in [5.41, 5.74) is 4.29. The van der Waals surface area contributed by atoms with Gasteiger partial charge in [0.2, 0.25) is 0 Å². The van der Waals surface area contributed by atoms with Crippen LogP contribution in [0.4, 0.5) is 9.59 Å². The first kappa shape index (κ1) is 24.1. The van der Waals surface area contributed by atoms with Crippen LogP contribution in [0, 0.1) is 0 Å². The summed E-state index contributed by atoms with van der Waals surface area (Å²) in [6.45, 7) is 6.01. The Balaban J connectivity index is -0.0000000883. The molecule has 7 heteroatoms. The van der Waals surface area contributed by atoms with Crippen molar-refractivity contribution in [2.24, 2.45) is 5.73 Å². The quantitative estimate of drug-likeness (QED) is 0.567. The van der Waals surface area contributed by atoms with Crippen molar-refractivity contribution in [2.45, 2.75) is 40.4 Å². The van der Waals surface area contributed by atoms with Gasteiger partial charge in [-0.05, 0) is 32.7 Å². The molecule has 15 heavy (non-hydrogen) atoms. The van der Waals surface area contributed by atoms with Gasteiger partial charge in [0.1, 0.15) is 5.24 Å². The standard InChI is InChI=1S/C5H11NOS2.CH3NOS.2CH4/c1-5(2,3)9-6-4(7)8;2-1(3)4;;/h1-3H3,(H2,6,7,8);(H3,2,3,4);2*1H4/p-2. The molecular formula is C8H20N2O2S3-2. The molecule has 0 spiro atoms. The second-order valence-corrected chi connectivity index (χ2v) is 5.33. The first-order chi connectivity index (χ1) is 5.65. The maximum absolute atomic E-state index is 10.2. The van der Waals surface area contributed by atoms with E-state index in [0.717, 1.165) is 0 Å². The molecule has 0 radical (unpaired) electrons. The van der Waals surface area contributed by atoms with Crippen LogP contribution in [0.1, 0.15) is 35.6 Å². The number of amides is 2. The Labute approximate surface area is 108 Å². The van der Waals surface area contributed by atoms with E-state index >= 15 is 0 Å². The summed E-state index contributed by atoms with van der Waals surface area (Å²) < 4.78 is 2.53. The highest BCUT2D eigenvalue weighted by atomic mass is 32.2. The Morgan fingerprint density at radius 1 is 1.20 bits per heavy atom. The lowest BCUT2D eigenvalue weighted by Gasteiger charge is -2.18. The van der Waals surface area contributed by atoms with Gasteiger partial charge >= 0.3 is 0 Å². The highest BCUT2D eigenvalue weighted by molar-refractivity contribution is 8.00. The van der Waals surface area contributed by atoms with Crippen LogP contribution in [0.3, 0.4) is 0 Å². The van der Waals surface area contributed by atoms with Crippen molar-refractivity contribution in [2.75, 3.05) is 0 Å². The van der Waals surface area contributed by atoms with Crippen molar-refractivity contribution in [1.29, 1.82) is 0 Å². The molecule has 0 fully saturated rings. The SMILES string of the molecule is C.C.CC(C)(C)SNC(=O)[S-].NC(=O)[S-]. The van der Waals surface area contributed by atoms with Crippen LogP contribution in [0.2, 0.25) is 0 Å². The number of hydrogen-bond donors (Lipinski definition) is 2. The third-order valence-corrected chi connectivity index (χ3v) is 1.57. The van der Waals surface area contributed by atoms with Gasteiger partial charge in [0, 0.05) is 4.75 Å². The van der Waals surface area contributed by atoms with Crippen molar-refractivity contribution in [3.8, 4) is 0 Å². The van der Waals surface area contributed by atoms with E-state index in [2.05, 4.69) is 35.7 Å². The maximum atomic E-state index is 10.2. The Hall–Kier alpha value is -0.270. The number of primary amides is 1. The number of rotatable bonds is 1. The van der Waals surface area contributed by atoms with E-state index in [1.54, 1.807) is 0 Å². The van der Waals surface area contributed by atoms with Gasteiger partial charge < -0.3 is 45.3 Å². The van der Waals surface area contributed by atoms with E-state index in [-0.39, 0.29) is 19.6 Å². The molecule has 0 unspecified atom stereocenters. The van der Waals surface area contributed by atoms with E-state index in [1.807, 2.05) is 20.8 Å². The van der Waals surface area contributed by atoms with Crippen molar-refractivity contribution in [3.05, 3.63) is 0 Å². The third-order valence-electron chi connectivity index (χ3n) is 0.441. The predicted octanol–water partition coefficient (Wildman–Crippen LogP) is 2.57. The van der Waals surface area contributed by atoms with E-state index in [1.165, 1.54) is 11.9 Å². The number of carbonyl (C=O) groups excluding carboxylic acids is 2. The molecule has 0 saturated carbocycles. The van der Waals surface area contributed by atoms with Crippen LogP contribution >= 0.6 is 11.9 Å².